The van der Waals surface area contributed by atoms with Gasteiger partial charge in [-0.15, -0.1) is 0 Å². The van der Waals surface area contributed by atoms with Crippen LogP contribution >= 0.6 is 0 Å². The number of aromatic nitrogens is 2. The fourth-order valence-electron chi connectivity index (χ4n) is 1.59. The van der Waals surface area contributed by atoms with E-state index in [1.807, 2.05) is 4.98 Å². The summed E-state index contributed by atoms with van der Waals surface area (Å²) in [5.74, 6) is -1.53. The highest BCUT2D eigenvalue weighted by molar-refractivity contribution is 5.65. The predicted molar refractivity (Wildman–Crippen MR) is 61.0 cm³/mol. The Hall–Kier alpha value is -2.22. The molecule has 19 heavy (non-hydrogen) atoms. The first kappa shape index (κ1) is 13.2. The normalized spacial score (nSPS) is 21.6. The lowest BCUT2D eigenvalue weighted by molar-refractivity contribution is -0.145. The van der Waals surface area contributed by atoms with Crippen molar-refractivity contribution < 1.29 is 18.7 Å². The number of halogens is 1. The predicted octanol–water partition coefficient (Wildman–Crippen LogP) is -0.308. The van der Waals surface area contributed by atoms with E-state index in [0.717, 1.165) is 10.8 Å². The minimum absolute atomic E-state index is 0.00290. The highest BCUT2D eigenvalue weighted by Gasteiger charge is 2.23. The zero-order chi connectivity index (χ0) is 14.0. The number of H-pyrrole nitrogens is 1. The molecule has 2 unspecified atom stereocenters. The van der Waals surface area contributed by atoms with Crippen molar-refractivity contribution in [2.45, 2.75) is 19.3 Å². The van der Waals surface area contributed by atoms with Crippen LogP contribution in [0.15, 0.2) is 27.9 Å². The molecule has 0 bridgehead atoms. The summed E-state index contributed by atoms with van der Waals surface area (Å²) >= 11 is 0. The highest BCUT2D eigenvalue weighted by Crippen LogP contribution is 2.19. The maximum atomic E-state index is 13.1. The van der Waals surface area contributed by atoms with Crippen LogP contribution in [0.5, 0.6) is 0 Å². The summed E-state index contributed by atoms with van der Waals surface area (Å²) in [6.45, 7) is 1.26. The SMILES string of the molecule is CC(=O)OCC1C=CC(n2cc(F)c(=O)[nH]c2=O)O1. The average molecular weight is 270 g/mol. The molecular formula is C11H11FN2O5. The van der Waals surface area contributed by atoms with Crippen molar-refractivity contribution in [3.8, 4) is 0 Å². The number of hydrogen-bond acceptors (Lipinski definition) is 5. The molecule has 7 nitrogen and oxygen atoms in total. The molecule has 2 rings (SSSR count). The molecule has 102 valence electrons. The smallest absolute Gasteiger partial charge is 0.330 e. The number of rotatable bonds is 3. The van der Waals surface area contributed by atoms with Crippen molar-refractivity contribution in [2.75, 3.05) is 6.61 Å². The summed E-state index contributed by atoms with van der Waals surface area (Å²) in [5, 5.41) is 0. The van der Waals surface area contributed by atoms with E-state index in [1.54, 1.807) is 6.08 Å². The first-order valence-corrected chi connectivity index (χ1v) is 5.45. The first-order chi connectivity index (χ1) is 8.97. The number of nitrogens with zero attached hydrogens (tertiary/aromatic N) is 1. The fourth-order valence-corrected chi connectivity index (χ4v) is 1.59. The quantitative estimate of drug-likeness (QED) is 0.601. The maximum Gasteiger partial charge on any atom is 0.330 e. The number of hydrogen-bond donors (Lipinski definition) is 1. The number of nitrogens with one attached hydrogen (secondary N) is 1. The van der Waals surface area contributed by atoms with Gasteiger partial charge in [-0.25, -0.2) is 4.79 Å². The number of esters is 1. The second-order valence-electron chi connectivity index (χ2n) is 3.90. The second-order valence-corrected chi connectivity index (χ2v) is 3.90. The van der Waals surface area contributed by atoms with E-state index in [2.05, 4.69) is 0 Å². The molecular weight excluding hydrogens is 259 g/mol. The van der Waals surface area contributed by atoms with Gasteiger partial charge in [0.15, 0.2) is 6.23 Å². The van der Waals surface area contributed by atoms with Crippen LogP contribution in [0.4, 0.5) is 4.39 Å². The molecule has 1 N–H and O–H groups in total. The summed E-state index contributed by atoms with van der Waals surface area (Å²) in [7, 11) is 0. The lowest BCUT2D eigenvalue weighted by Gasteiger charge is -2.15. The van der Waals surface area contributed by atoms with E-state index in [-0.39, 0.29) is 6.61 Å². The highest BCUT2D eigenvalue weighted by atomic mass is 19.1. The van der Waals surface area contributed by atoms with Crippen molar-refractivity contribution in [1.29, 1.82) is 0 Å². The molecule has 1 aliphatic rings. The molecule has 8 heteroatoms. The van der Waals surface area contributed by atoms with E-state index in [0.29, 0.717) is 0 Å². The molecule has 0 saturated heterocycles. The van der Waals surface area contributed by atoms with Crippen LogP contribution in [-0.2, 0) is 14.3 Å². The van der Waals surface area contributed by atoms with Crippen molar-refractivity contribution in [2.24, 2.45) is 0 Å². The van der Waals surface area contributed by atoms with Gasteiger partial charge in [0.2, 0.25) is 5.82 Å². The van der Waals surface area contributed by atoms with Crippen LogP contribution in [0, 0.1) is 5.82 Å². The minimum Gasteiger partial charge on any atom is -0.463 e. The lowest BCUT2D eigenvalue weighted by Crippen LogP contribution is -2.34. The molecule has 0 spiro atoms. The molecule has 0 aliphatic carbocycles. The second kappa shape index (κ2) is 5.19. The molecule has 0 aromatic carbocycles. The molecule has 0 saturated carbocycles. The van der Waals surface area contributed by atoms with Crippen LogP contribution < -0.4 is 11.2 Å². The Balaban J connectivity index is 2.12. The maximum absolute atomic E-state index is 13.1. The van der Waals surface area contributed by atoms with E-state index < -0.39 is 35.4 Å². The van der Waals surface area contributed by atoms with Gasteiger partial charge in [0, 0.05) is 6.92 Å². The van der Waals surface area contributed by atoms with Crippen LogP contribution in [-0.4, -0.2) is 28.2 Å². The van der Waals surface area contributed by atoms with Crippen LogP contribution in [0.25, 0.3) is 0 Å². The topological polar surface area (TPSA) is 90.4 Å². The average Bonchev–Trinajstić information content (AvgIpc) is 2.80. The van der Waals surface area contributed by atoms with E-state index in [4.69, 9.17) is 9.47 Å². The van der Waals surface area contributed by atoms with Gasteiger partial charge in [-0.2, -0.15) is 4.39 Å². The standard InChI is InChI=1S/C11H11FN2O5/c1-6(15)18-5-7-2-3-9(19-7)14-4-8(12)10(16)13-11(14)17/h2-4,7,9H,5H2,1H3,(H,13,16,17). The Morgan fingerprint density at radius 1 is 1.53 bits per heavy atom. The molecule has 0 radical (unpaired) electrons. The summed E-state index contributed by atoms with van der Waals surface area (Å²) in [6.07, 6.45) is 2.50. The van der Waals surface area contributed by atoms with Gasteiger partial charge in [-0.05, 0) is 6.08 Å². The van der Waals surface area contributed by atoms with Crippen molar-refractivity contribution in [3.63, 3.8) is 0 Å². The van der Waals surface area contributed by atoms with Crippen LogP contribution in [0.1, 0.15) is 13.2 Å². The Labute approximate surface area is 106 Å². The molecule has 2 atom stereocenters. The van der Waals surface area contributed by atoms with Gasteiger partial charge in [0.05, 0.1) is 6.20 Å². The summed E-state index contributed by atoms with van der Waals surface area (Å²) in [4.78, 5) is 34.9. The minimum atomic E-state index is -1.08. The van der Waals surface area contributed by atoms with Gasteiger partial charge in [0.25, 0.3) is 5.56 Å². The summed E-state index contributed by atoms with van der Waals surface area (Å²) in [5.41, 5.74) is -1.87. The number of carbonyl (C=O) groups is 1. The Bertz CT molecular complexity index is 633. The van der Waals surface area contributed by atoms with Crippen molar-refractivity contribution in [3.05, 3.63) is 45.0 Å². The molecule has 0 amide bonds. The van der Waals surface area contributed by atoms with E-state index >= 15 is 0 Å². The Morgan fingerprint density at radius 3 is 2.95 bits per heavy atom. The third kappa shape index (κ3) is 2.97. The van der Waals surface area contributed by atoms with Crippen molar-refractivity contribution >= 4 is 5.97 Å². The molecule has 0 fully saturated rings. The van der Waals surface area contributed by atoms with Gasteiger partial charge >= 0.3 is 11.7 Å². The monoisotopic (exact) mass is 270 g/mol. The molecule has 1 aromatic heterocycles. The van der Waals surface area contributed by atoms with Crippen LogP contribution in [0.3, 0.4) is 0 Å². The first-order valence-electron chi connectivity index (χ1n) is 5.45. The Kier molecular flexibility index (Phi) is 3.61. The van der Waals surface area contributed by atoms with Gasteiger partial charge in [0.1, 0.15) is 12.7 Å². The Morgan fingerprint density at radius 2 is 2.26 bits per heavy atom. The van der Waals surface area contributed by atoms with Crippen molar-refractivity contribution in [1.82, 2.24) is 9.55 Å². The number of ether oxygens (including phenoxy) is 2. The largest absolute Gasteiger partial charge is 0.463 e. The fraction of sp³-hybridized carbons (Fsp3) is 0.364. The third-order valence-corrected chi connectivity index (χ3v) is 2.45. The zero-order valence-corrected chi connectivity index (χ0v) is 9.96. The summed E-state index contributed by atoms with van der Waals surface area (Å²) < 4.78 is 24.1. The molecule has 1 aliphatic heterocycles. The van der Waals surface area contributed by atoms with Crippen LogP contribution in [0.2, 0.25) is 0 Å². The zero-order valence-electron chi connectivity index (χ0n) is 9.96. The third-order valence-electron chi connectivity index (χ3n) is 2.45. The van der Waals surface area contributed by atoms with Gasteiger partial charge in [-0.3, -0.25) is 19.1 Å². The van der Waals surface area contributed by atoms with E-state index in [1.165, 1.54) is 13.0 Å². The van der Waals surface area contributed by atoms with E-state index in [9.17, 15) is 18.8 Å². The number of carbonyl (C=O) groups excluding carboxylic acids is 1. The molecule has 1 aromatic rings. The van der Waals surface area contributed by atoms with Gasteiger partial charge in [-0.1, -0.05) is 6.08 Å². The summed E-state index contributed by atoms with van der Waals surface area (Å²) in [6, 6.07) is 0. The van der Waals surface area contributed by atoms with Gasteiger partial charge < -0.3 is 9.47 Å². The lowest BCUT2D eigenvalue weighted by atomic mass is 10.4. The number of aromatic amines is 1. The molecule has 2 heterocycles.